The predicted molar refractivity (Wildman–Crippen MR) is 50.8 cm³/mol. The van der Waals surface area contributed by atoms with E-state index in [4.69, 9.17) is 33.3 Å². The van der Waals surface area contributed by atoms with Gasteiger partial charge in [0.2, 0.25) is 0 Å². The van der Waals surface area contributed by atoms with Crippen molar-refractivity contribution in [3.8, 4) is 0 Å². The van der Waals surface area contributed by atoms with Gasteiger partial charge in [-0.2, -0.15) is 0 Å². The third-order valence-electron chi connectivity index (χ3n) is 0. The molecule has 12 heavy (non-hydrogen) atoms. The zero-order chi connectivity index (χ0) is 8.08. The molecule has 0 spiro atoms. The summed E-state index contributed by atoms with van der Waals surface area (Å²) in [4.78, 5) is 35.9. The van der Waals surface area contributed by atoms with Crippen LogP contribution in [0.1, 0.15) is 0 Å². The fraction of sp³-hybridized carbons (Fsp3) is 0. The fourth-order valence-electron chi connectivity index (χ4n) is 0. The molecule has 0 heterocycles. The maximum absolute atomic E-state index is 8.88. The van der Waals surface area contributed by atoms with Gasteiger partial charge in [-0.15, -0.1) is 0 Å². The molecular weight excluding hydrogens is 291 g/mol. The second kappa shape index (κ2) is 16.9. The Bertz CT molecular complexity index is 118. The van der Waals surface area contributed by atoms with E-state index in [1.54, 1.807) is 0 Å². The van der Waals surface area contributed by atoms with Gasteiger partial charge in [0.1, 0.15) is 0 Å². The third kappa shape index (κ3) is 172. The molecule has 68 valence electrons. The Morgan fingerprint density at radius 2 is 0.917 bits per heavy atom. The Morgan fingerprint density at radius 3 is 0.917 bits per heavy atom. The van der Waals surface area contributed by atoms with E-state index in [0.717, 1.165) is 0 Å². The molecule has 0 radical (unpaired) electrons. The Kier molecular flexibility index (Phi) is 41.7. The average molecular weight is 302 g/mol. The van der Waals surface area contributed by atoms with Gasteiger partial charge in [0, 0.05) is 0 Å². The van der Waals surface area contributed by atoms with Gasteiger partial charge in [-0.05, 0) is 0 Å². The van der Waals surface area contributed by atoms with Crippen LogP contribution in [0.2, 0.25) is 0 Å². The molecule has 0 saturated heterocycles. The van der Waals surface area contributed by atoms with E-state index in [1.807, 2.05) is 0 Å². The summed E-state index contributed by atoms with van der Waals surface area (Å²) in [6.45, 7) is 0. The second-order valence-corrected chi connectivity index (χ2v) is 2.39. The molecule has 0 aromatic heterocycles. The molecule has 0 rings (SSSR count). The summed E-state index contributed by atoms with van der Waals surface area (Å²) >= 11 is 0. The summed E-state index contributed by atoms with van der Waals surface area (Å²) < 4.78 is 17.6. The topological polar surface area (TPSA) is 135 Å². The summed E-state index contributed by atoms with van der Waals surface area (Å²) in [7, 11) is -7.77. The normalized spacial score (nSPS) is 6.92. The molecule has 0 bridgehead atoms. The van der Waals surface area contributed by atoms with E-state index < -0.39 is 17.0 Å². The minimum atomic E-state index is -4.64. The quantitative estimate of drug-likeness (QED) is 0.223. The van der Waals surface area contributed by atoms with Crippen molar-refractivity contribution < 1.29 is 33.3 Å². The van der Waals surface area contributed by atoms with Crippen molar-refractivity contribution in [2.45, 2.75) is 0 Å². The molecule has 5 N–H and O–H groups in total. The first-order valence-electron chi connectivity index (χ1n) is 1.43. The summed E-state index contributed by atoms with van der Waals surface area (Å²) in [6.07, 6.45) is 0. The van der Waals surface area contributed by atoms with Gasteiger partial charge in [-0.3, -0.25) is 4.46 Å². The molecule has 0 aliphatic rings. The van der Waals surface area contributed by atoms with Crippen molar-refractivity contribution in [1.29, 1.82) is 0 Å². The first-order valence-corrected chi connectivity index (χ1v) is 4.30. The van der Waals surface area contributed by atoms with Crippen LogP contribution >= 0.6 is 7.82 Å². The molecule has 0 aromatic carbocycles. The Hall–Kier alpha value is 3.51. The van der Waals surface area contributed by atoms with E-state index >= 15 is 0 Å². The van der Waals surface area contributed by atoms with Crippen LogP contribution in [0.4, 0.5) is 0 Å². The number of hydrogen-bond donors (Lipinski definition) is 5. The summed E-state index contributed by atoms with van der Waals surface area (Å²) in [5.41, 5.74) is 0. The molecule has 0 amide bonds. The number of hydrogen-bond acceptors (Lipinski definition) is 2. The molecule has 0 unspecified atom stereocenters. The second-order valence-electron chi connectivity index (χ2n) is 0.796. The number of rotatable bonds is 0. The predicted octanol–water partition coefficient (Wildman–Crippen LogP) is -5.29. The third-order valence-corrected chi connectivity index (χ3v) is 0. The Balaban J connectivity index is -0.0000000221. The van der Waals surface area contributed by atoms with Crippen molar-refractivity contribution in [3.63, 3.8) is 0 Å². The molecule has 12 heteroatoms. The molecular formula is H11Ca3O7PSi. The van der Waals surface area contributed by atoms with Gasteiger partial charge in [0.15, 0.2) is 0 Å². The van der Waals surface area contributed by atoms with Crippen LogP contribution in [-0.2, 0) is 9.03 Å². The van der Waals surface area contributed by atoms with Crippen LogP contribution in [0.15, 0.2) is 0 Å². The van der Waals surface area contributed by atoms with Gasteiger partial charge < -0.3 is 24.3 Å². The zero-order valence-corrected chi connectivity index (χ0v) is 5.89. The number of phosphoric acid groups is 1. The molecule has 0 aliphatic heterocycles. The van der Waals surface area contributed by atoms with E-state index in [2.05, 4.69) is 0 Å². The molecule has 0 aliphatic carbocycles. The van der Waals surface area contributed by atoms with Crippen molar-refractivity contribution in [2.24, 2.45) is 0 Å². The first-order chi connectivity index (χ1) is 3.73. The molecule has 0 fully saturated rings. The van der Waals surface area contributed by atoms with Crippen LogP contribution in [0.3, 0.4) is 0 Å². The van der Waals surface area contributed by atoms with Gasteiger partial charge in [-0.25, -0.2) is 4.57 Å². The molecule has 0 aromatic rings. The van der Waals surface area contributed by atoms with Crippen molar-refractivity contribution in [2.75, 3.05) is 0 Å². The standard InChI is InChI=1S/3Ca.H3O4P.H2O3Si.6H/c;;;1-5(2,3)4;1-4(2)3;;;;;;/h;;;(H3,1,2,3,4);1-2H;;;;;;. The Morgan fingerprint density at radius 1 is 0.917 bits per heavy atom. The SMILES string of the molecule is O=P(O)(O)O.O=[Si](O)O.[CaH2].[CaH2].[CaH2]. The van der Waals surface area contributed by atoms with Crippen molar-refractivity contribution in [3.05, 3.63) is 0 Å². The Labute approximate surface area is 160 Å². The maximum atomic E-state index is 8.88. The molecule has 7 nitrogen and oxygen atoms in total. The van der Waals surface area contributed by atoms with Gasteiger partial charge in [-0.1, -0.05) is 0 Å². The van der Waals surface area contributed by atoms with Crippen LogP contribution in [0, 0.1) is 0 Å². The molecule has 0 saturated carbocycles. The van der Waals surface area contributed by atoms with Gasteiger partial charge >= 0.3 is 130 Å². The van der Waals surface area contributed by atoms with Gasteiger partial charge in [0.25, 0.3) is 0 Å². The van der Waals surface area contributed by atoms with E-state index in [0.29, 0.717) is 0 Å². The van der Waals surface area contributed by atoms with E-state index in [9.17, 15) is 0 Å². The zero-order valence-electron chi connectivity index (χ0n) is 4.00. The monoisotopic (exact) mass is 302 g/mol. The van der Waals surface area contributed by atoms with E-state index in [1.165, 1.54) is 0 Å². The fourth-order valence-corrected chi connectivity index (χ4v) is 0. The minimum absolute atomic E-state index is 0. The average Bonchev–Trinajstić information content (AvgIpc) is 1.19. The summed E-state index contributed by atoms with van der Waals surface area (Å²) in [5, 5.41) is 0. The van der Waals surface area contributed by atoms with Crippen molar-refractivity contribution in [1.82, 2.24) is 0 Å². The first kappa shape index (κ1) is 29.6. The molecule has 0 atom stereocenters. The van der Waals surface area contributed by atoms with Crippen molar-refractivity contribution >= 4 is 130 Å². The van der Waals surface area contributed by atoms with Crippen LogP contribution < -0.4 is 0 Å². The van der Waals surface area contributed by atoms with E-state index in [-0.39, 0.29) is 113 Å². The summed E-state index contributed by atoms with van der Waals surface area (Å²) in [6, 6.07) is 0. The summed E-state index contributed by atoms with van der Waals surface area (Å²) in [5.74, 6) is 0. The van der Waals surface area contributed by atoms with Crippen LogP contribution in [-0.4, -0.2) is 147 Å². The van der Waals surface area contributed by atoms with Gasteiger partial charge in [0.05, 0.1) is 0 Å². The van der Waals surface area contributed by atoms with Crippen LogP contribution in [0.5, 0.6) is 0 Å². The van der Waals surface area contributed by atoms with Crippen LogP contribution in [0.25, 0.3) is 0 Å².